The van der Waals surface area contributed by atoms with E-state index in [0.717, 1.165) is 12.8 Å². The second-order valence-corrected chi connectivity index (χ2v) is 12.9. The summed E-state index contributed by atoms with van der Waals surface area (Å²) in [5.74, 6) is 0. The predicted octanol–water partition coefficient (Wildman–Crippen LogP) is 12.0. The van der Waals surface area contributed by atoms with E-state index in [0.29, 0.717) is 0 Å². The average Bonchev–Trinajstić information content (AvgIpc) is 3.64. The molecule has 0 bridgehead atoms. The summed E-state index contributed by atoms with van der Waals surface area (Å²) in [4.78, 5) is 0. The zero-order valence-electron chi connectivity index (χ0n) is 24.3. The Kier molecular flexibility index (Phi) is 5.82. The highest BCUT2D eigenvalue weighted by Crippen LogP contribution is 2.57. The number of fused-ring (bicyclic) bond motifs is 6. The Labute approximate surface area is 262 Å². The number of allylic oxidation sites excluding steroid dienone is 4. The van der Waals surface area contributed by atoms with Crippen LogP contribution in [0.25, 0.3) is 53.6 Å². The Balaban J connectivity index is 1.23. The van der Waals surface area contributed by atoms with E-state index in [1.165, 1.54) is 75.8 Å². The molecule has 0 fully saturated rings. The Morgan fingerprint density at radius 3 is 1.59 bits per heavy atom. The molecular formula is C43H30S. The minimum atomic E-state index is -0.323. The molecule has 0 atom stereocenters. The van der Waals surface area contributed by atoms with E-state index in [9.17, 15) is 0 Å². The first-order valence-corrected chi connectivity index (χ1v) is 16.3. The molecule has 0 saturated heterocycles. The van der Waals surface area contributed by atoms with Crippen molar-refractivity contribution in [2.75, 3.05) is 0 Å². The Morgan fingerprint density at radius 2 is 1.00 bits per heavy atom. The summed E-state index contributed by atoms with van der Waals surface area (Å²) in [7, 11) is 0. The first kappa shape index (κ1) is 25.5. The van der Waals surface area contributed by atoms with Crippen LogP contribution in [0.1, 0.15) is 29.5 Å². The molecule has 1 heteroatoms. The van der Waals surface area contributed by atoms with Crippen molar-refractivity contribution in [1.82, 2.24) is 0 Å². The van der Waals surface area contributed by atoms with Crippen LogP contribution in [0.5, 0.6) is 0 Å². The van der Waals surface area contributed by atoms with Gasteiger partial charge in [-0.05, 0) is 68.5 Å². The molecule has 7 aromatic rings. The molecule has 0 nitrogen and oxygen atoms in total. The topological polar surface area (TPSA) is 0 Å². The standard InChI is InChI=1S/C43H30S/c1-3-13-29(14-4-1)33-19-11-21-37-38-22-12-20-34(42(38)44-41(33)37)30-25-27-32(28-26-30)43(31-15-5-2-6-16-31)39-23-9-7-17-35(39)36-18-8-10-24-40(36)43/h1,3-5,7-28H,2,6H2. The molecule has 44 heavy (non-hydrogen) atoms. The van der Waals surface area contributed by atoms with Crippen LogP contribution in [0, 0.1) is 0 Å². The highest BCUT2D eigenvalue weighted by molar-refractivity contribution is 7.26. The SMILES string of the molecule is C1=CC(C2(c3ccc(-c4cccc5c4sc4c(-c6ccccc6)cccc45)cc3)c3ccccc3-c3ccccc32)=CCC1. The van der Waals surface area contributed by atoms with Gasteiger partial charge in [0.1, 0.15) is 0 Å². The number of benzene rings is 6. The predicted molar refractivity (Wildman–Crippen MR) is 188 cm³/mol. The number of rotatable bonds is 4. The minimum Gasteiger partial charge on any atom is -0.134 e. The van der Waals surface area contributed by atoms with Crippen LogP contribution in [0.4, 0.5) is 0 Å². The van der Waals surface area contributed by atoms with E-state index in [1.807, 2.05) is 11.3 Å². The van der Waals surface area contributed by atoms with Gasteiger partial charge in [-0.3, -0.25) is 0 Å². The van der Waals surface area contributed by atoms with Gasteiger partial charge >= 0.3 is 0 Å². The van der Waals surface area contributed by atoms with Crippen molar-refractivity contribution in [1.29, 1.82) is 0 Å². The van der Waals surface area contributed by atoms with Crippen LogP contribution in [-0.4, -0.2) is 0 Å². The fourth-order valence-electron chi connectivity index (χ4n) is 7.71. The summed E-state index contributed by atoms with van der Waals surface area (Å²) in [5.41, 5.74) is 13.0. The largest absolute Gasteiger partial charge is 0.134 e. The lowest BCUT2D eigenvalue weighted by molar-refractivity contribution is 0.751. The maximum atomic E-state index is 2.47. The number of thiophene rings is 1. The lowest BCUT2D eigenvalue weighted by Crippen LogP contribution is -2.29. The van der Waals surface area contributed by atoms with Gasteiger partial charge in [0.2, 0.25) is 0 Å². The fourth-order valence-corrected chi connectivity index (χ4v) is 9.08. The third-order valence-corrected chi connectivity index (χ3v) is 10.9. The summed E-state index contributed by atoms with van der Waals surface area (Å²) < 4.78 is 2.70. The van der Waals surface area contributed by atoms with Gasteiger partial charge in [0.05, 0.1) is 5.41 Å². The highest BCUT2D eigenvalue weighted by atomic mass is 32.1. The lowest BCUT2D eigenvalue weighted by atomic mass is 9.66. The summed E-state index contributed by atoms with van der Waals surface area (Å²) in [6.07, 6.45) is 9.37. The van der Waals surface area contributed by atoms with Crippen LogP contribution in [-0.2, 0) is 5.41 Å². The van der Waals surface area contributed by atoms with E-state index in [-0.39, 0.29) is 5.41 Å². The second-order valence-electron chi connectivity index (χ2n) is 11.9. The molecule has 2 aliphatic rings. The molecule has 2 aliphatic carbocycles. The van der Waals surface area contributed by atoms with Gasteiger partial charge in [0, 0.05) is 20.2 Å². The van der Waals surface area contributed by atoms with Gasteiger partial charge in [-0.15, -0.1) is 11.3 Å². The highest BCUT2D eigenvalue weighted by Gasteiger charge is 2.46. The monoisotopic (exact) mass is 578 g/mol. The first-order chi connectivity index (χ1) is 21.8. The molecule has 0 unspecified atom stereocenters. The zero-order valence-corrected chi connectivity index (χ0v) is 25.2. The molecule has 0 amide bonds. The summed E-state index contributed by atoms with van der Waals surface area (Å²) >= 11 is 1.92. The van der Waals surface area contributed by atoms with Crippen molar-refractivity contribution in [2.24, 2.45) is 0 Å². The normalized spacial score (nSPS) is 14.9. The third kappa shape index (κ3) is 3.63. The van der Waals surface area contributed by atoms with E-state index in [4.69, 9.17) is 0 Å². The maximum Gasteiger partial charge on any atom is 0.0710 e. The van der Waals surface area contributed by atoms with E-state index >= 15 is 0 Å². The summed E-state index contributed by atoms with van der Waals surface area (Å²) in [6, 6.07) is 51.8. The van der Waals surface area contributed by atoms with Crippen molar-refractivity contribution in [3.8, 4) is 33.4 Å². The molecule has 0 N–H and O–H groups in total. The Hall–Kier alpha value is -4.98. The maximum absolute atomic E-state index is 2.47. The van der Waals surface area contributed by atoms with Crippen LogP contribution < -0.4 is 0 Å². The molecule has 0 aliphatic heterocycles. The molecule has 6 aromatic carbocycles. The average molecular weight is 579 g/mol. The van der Waals surface area contributed by atoms with Gasteiger partial charge in [0.25, 0.3) is 0 Å². The third-order valence-electron chi connectivity index (χ3n) is 9.62. The van der Waals surface area contributed by atoms with Gasteiger partial charge in [-0.25, -0.2) is 0 Å². The minimum absolute atomic E-state index is 0.323. The van der Waals surface area contributed by atoms with Gasteiger partial charge in [0.15, 0.2) is 0 Å². The van der Waals surface area contributed by atoms with Crippen LogP contribution >= 0.6 is 11.3 Å². The summed E-state index contributed by atoms with van der Waals surface area (Å²) in [5, 5.41) is 2.66. The molecule has 9 rings (SSSR count). The Morgan fingerprint density at radius 1 is 0.455 bits per heavy atom. The van der Waals surface area contributed by atoms with Crippen molar-refractivity contribution < 1.29 is 0 Å². The van der Waals surface area contributed by atoms with E-state index < -0.39 is 0 Å². The molecule has 0 saturated carbocycles. The molecule has 1 aromatic heterocycles. The van der Waals surface area contributed by atoms with Crippen molar-refractivity contribution in [2.45, 2.75) is 18.3 Å². The molecule has 0 spiro atoms. The number of hydrogen-bond donors (Lipinski definition) is 0. The van der Waals surface area contributed by atoms with Gasteiger partial charge < -0.3 is 0 Å². The van der Waals surface area contributed by atoms with Gasteiger partial charge in [-0.1, -0.05) is 158 Å². The first-order valence-electron chi connectivity index (χ1n) is 15.5. The van der Waals surface area contributed by atoms with E-state index in [1.54, 1.807) is 0 Å². The Bertz CT molecular complexity index is 2220. The second kappa shape index (κ2) is 10.0. The molecule has 1 heterocycles. The van der Waals surface area contributed by atoms with Crippen LogP contribution in [0.15, 0.2) is 163 Å². The lowest BCUT2D eigenvalue weighted by Gasteiger charge is -2.35. The van der Waals surface area contributed by atoms with E-state index in [2.05, 4.69) is 158 Å². The van der Waals surface area contributed by atoms with Gasteiger partial charge in [-0.2, -0.15) is 0 Å². The van der Waals surface area contributed by atoms with Crippen LogP contribution in [0.3, 0.4) is 0 Å². The summed E-state index contributed by atoms with van der Waals surface area (Å²) in [6.45, 7) is 0. The number of hydrogen-bond acceptors (Lipinski definition) is 1. The van der Waals surface area contributed by atoms with Crippen molar-refractivity contribution in [3.63, 3.8) is 0 Å². The quantitative estimate of drug-likeness (QED) is 0.195. The zero-order chi connectivity index (χ0) is 29.1. The fraction of sp³-hybridized carbons (Fsp3) is 0.0698. The van der Waals surface area contributed by atoms with Crippen molar-refractivity contribution >= 4 is 31.5 Å². The van der Waals surface area contributed by atoms with Crippen LogP contribution in [0.2, 0.25) is 0 Å². The molecule has 0 radical (unpaired) electrons. The molecular weight excluding hydrogens is 549 g/mol. The molecule has 208 valence electrons. The smallest absolute Gasteiger partial charge is 0.0710 e. The van der Waals surface area contributed by atoms with Crippen molar-refractivity contribution in [3.05, 3.63) is 180 Å².